The second kappa shape index (κ2) is 7.83. The van der Waals surface area contributed by atoms with Crippen molar-refractivity contribution in [3.63, 3.8) is 0 Å². The molecule has 2 aromatic heterocycles. The number of nitrogens with zero attached hydrogens (tertiary/aromatic N) is 2. The van der Waals surface area contributed by atoms with Crippen molar-refractivity contribution in [2.24, 2.45) is 0 Å². The number of fused-ring (bicyclic) bond motifs is 1. The Bertz CT molecular complexity index is 1260. The van der Waals surface area contributed by atoms with Gasteiger partial charge in [-0.1, -0.05) is 35.9 Å². The molecule has 0 saturated heterocycles. The molecule has 150 valence electrons. The molecule has 4 aromatic rings. The zero-order chi connectivity index (χ0) is 21.3. The average Bonchev–Trinajstić information content (AvgIpc) is 3.12. The van der Waals surface area contributed by atoms with Gasteiger partial charge in [0.2, 0.25) is 5.82 Å². The third kappa shape index (κ3) is 3.80. The first-order valence-electron chi connectivity index (χ1n) is 9.66. The second-order valence-electron chi connectivity index (χ2n) is 7.33. The van der Waals surface area contributed by atoms with Crippen LogP contribution >= 0.6 is 0 Å². The number of carbonyl (C=O) groups is 2. The number of pyridine rings is 1. The minimum absolute atomic E-state index is 0.150. The van der Waals surface area contributed by atoms with E-state index in [1.165, 1.54) is 0 Å². The molecule has 0 atom stereocenters. The zero-order valence-corrected chi connectivity index (χ0v) is 17.1. The van der Waals surface area contributed by atoms with Crippen LogP contribution in [0.1, 0.15) is 37.8 Å². The van der Waals surface area contributed by atoms with Gasteiger partial charge in [-0.2, -0.15) is 0 Å². The van der Waals surface area contributed by atoms with Gasteiger partial charge >= 0.3 is 0 Å². The van der Waals surface area contributed by atoms with Gasteiger partial charge in [-0.25, -0.2) is 4.98 Å². The maximum atomic E-state index is 13.0. The monoisotopic (exact) mass is 398 g/mol. The SMILES string of the molecule is Cc1ccc(NC(=O)c2nc(C(=O)Nc3cc(C)ccc3C)c3ccccn23)cc1. The van der Waals surface area contributed by atoms with Gasteiger partial charge in [0.25, 0.3) is 11.8 Å². The largest absolute Gasteiger partial charge is 0.320 e. The summed E-state index contributed by atoms with van der Waals surface area (Å²) >= 11 is 0. The summed E-state index contributed by atoms with van der Waals surface area (Å²) in [5, 5.41) is 5.76. The van der Waals surface area contributed by atoms with Crippen LogP contribution in [0.4, 0.5) is 11.4 Å². The van der Waals surface area contributed by atoms with E-state index in [2.05, 4.69) is 15.6 Å². The standard InChI is InChI=1S/C24H22N4O2/c1-15-8-11-18(12-9-15)25-24(30)22-27-21(20-6-4-5-13-28(20)22)23(29)26-19-14-16(2)7-10-17(19)3/h4-14H,1-3H3,(H,25,30)(H,26,29). The number of aromatic nitrogens is 2. The summed E-state index contributed by atoms with van der Waals surface area (Å²) in [4.78, 5) is 30.3. The molecule has 0 bridgehead atoms. The highest BCUT2D eigenvalue weighted by Gasteiger charge is 2.22. The third-order valence-electron chi connectivity index (χ3n) is 4.92. The van der Waals surface area contributed by atoms with E-state index in [9.17, 15) is 9.59 Å². The van der Waals surface area contributed by atoms with Crippen LogP contribution in [0.2, 0.25) is 0 Å². The Hall–Kier alpha value is -3.93. The first-order chi connectivity index (χ1) is 14.4. The molecule has 2 amide bonds. The summed E-state index contributed by atoms with van der Waals surface area (Å²) in [5.41, 5.74) is 5.26. The topological polar surface area (TPSA) is 75.5 Å². The predicted molar refractivity (Wildman–Crippen MR) is 118 cm³/mol. The molecular weight excluding hydrogens is 376 g/mol. The lowest BCUT2D eigenvalue weighted by molar-refractivity contribution is 0.101. The van der Waals surface area contributed by atoms with Crippen LogP contribution in [0.3, 0.4) is 0 Å². The number of carbonyl (C=O) groups excluding carboxylic acids is 2. The number of amides is 2. The van der Waals surface area contributed by atoms with E-state index in [-0.39, 0.29) is 23.3 Å². The summed E-state index contributed by atoms with van der Waals surface area (Å²) in [5.74, 6) is -0.593. The Morgan fingerprint density at radius 1 is 0.833 bits per heavy atom. The molecule has 2 aromatic carbocycles. The van der Waals surface area contributed by atoms with Crippen molar-refractivity contribution in [3.8, 4) is 0 Å². The first kappa shape index (κ1) is 19.4. The van der Waals surface area contributed by atoms with E-state index in [0.717, 1.165) is 22.4 Å². The van der Waals surface area contributed by atoms with Gasteiger partial charge in [0.05, 0.1) is 5.52 Å². The Morgan fingerprint density at radius 3 is 2.33 bits per heavy atom. The number of benzene rings is 2. The van der Waals surface area contributed by atoms with Crippen molar-refractivity contribution >= 4 is 28.7 Å². The van der Waals surface area contributed by atoms with Gasteiger partial charge in [-0.05, 0) is 62.2 Å². The zero-order valence-electron chi connectivity index (χ0n) is 17.1. The molecule has 4 rings (SSSR count). The van der Waals surface area contributed by atoms with E-state index in [0.29, 0.717) is 11.2 Å². The fraction of sp³-hybridized carbons (Fsp3) is 0.125. The second-order valence-corrected chi connectivity index (χ2v) is 7.33. The molecule has 6 heteroatoms. The van der Waals surface area contributed by atoms with Crippen LogP contribution in [0.5, 0.6) is 0 Å². The van der Waals surface area contributed by atoms with Crippen molar-refractivity contribution < 1.29 is 9.59 Å². The fourth-order valence-corrected chi connectivity index (χ4v) is 3.24. The van der Waals surface area contributed by atoms with Crippen LogP contribution in [0.15, 0.2) is 66.9 Å². The van der Waals surface area contributed by atoms with Crippen molar-refractivity contribution in [3.05, 3.63) is 95.1 Å². The smallest absolute Gasteiger partial charge is 0.292 e. The molecule has 0 spiro atoms. The summed E-state index contributed by atoms with van der Waals surface area (Å²) in [6.07, 6.45) is 1.72. The molecule has 0 fully saturated rings. The van der Waals surface area contributed by atoms with E-state index in [4.69, 9.17) is 0 Å². The summed E-state index contributed by atoms with van der Waals surface area (Å²) in [6, 6.07) is 18.7. The van der Waals surface area contributed by atoms with Crippen LogP contribution < -0.4 is 10.6 Å². The lowest BCUT2D eigenvalue weighted by Crippen LogP contribution is -2.16. The van der Waals surface area contributed by atoms with Gasteiger partial charge < -0.3 is 10.6 Å². The lowest BCUT2D eigenvalue weighted by atomic mass is 10.1. The van der Waals surface area contributed by atoms with Crippen LogP contribution in [-0.4, -0.2) is 21.2 Å². The number of hydrogen-bond acceptors (Lipinski definition) is 3. The predicted octanol–water partition coefficient (Wildman–Crippen LogP) is 4.76. The van der Waals surface area contributed by atoms with Crippen molar-refractivity contribution in [1.29, 1.82) is 0 Å². The number of anilines is 2. The average molecular weight is 398 g/mol. The van der Waals surface area contributed by atoms with Crippen molar-refractivity contribution in [1.82, 2.24) is 9.38 Å². The van der Waals surface area contributed by atoms with Gasteiger partial charge in [-0.3, -0.25) is 14.0 Å². The molecule has 2 heterocycles. The molecule has 0 aliphatic carbocycles. The Kier molecular flexibility index (Phi) is 5.06. The maximum Gasteiger partial charge on any atom is 0.292 e. The first-order valence-corrected chi connectivity index (χ1v) is 9.66. The van der Waals surface area contributed by atoms with Crippen LogP contribution in [-0.2, 0) is 0 Å². The molecule has 0 radical (unpaired) electrons. The minimum atomic E-state index is -0.383. The van der Waals surface area contributed by atoms with E-state index >= 15 is 0 Å². The molecule has 2 N–H and O–H groups in total. The molecule has 30 heavy (non-hydrogen) atoms. The number of imidazole rings is 1. The Labute approximate surface area is 174 Å². The number of rotatable bonds is 4. The molecule has 0 aliphatic rings. The van der Waals surface area contributed by atoms with E-state index in [1.807, 2.05) is 69.3 Å². The fourth-order valence-electron chi connectivity index (χ4n) is 3.24. The maximum absolute atomic E-state index is 13.0. The van der Waals surface area contributed by atoms with Gasteiger partial charge in [0, 0.05) is 17.6 Å². The summed E-state index contributed by atoms with van der Waals surface area (Å²) in [6.45, 7) is 5.88. The van der Waals surface area contributed by atoms with Crippen LogP contribution in [0.25, 0.3) is 5.52 Å². The molecule has 0 aliphatic heterocycles. The minimum Gasteiger partial charge on any atom is -0.320 e. The molecule has 0 unspecified atom stereocenters. The van der Waals surface area contributed by atoms with Crippen molar-refractivity contribution in [2.75, 3.05) is 10.6 Å². The van der Waals surface area contributed by atoms with Gasteiger partial charge in [0.15, 0.2) is 5.69 Å². The normalized spacial score (nSPS) is 10.8. The summed E-state index contributed by atoms with van der Waals surface area (Å²) < 4.78 is 1.63. The highest BCUT2D eigenvalue weighted by molar-refractivity contribution is 6.10. The lowest BCUT2D eigenvalue weighted by Gasteiger charge is -2.08. The van der Waals surface area contributed by atoms with Crippen molar-refractivity contribution in [2.45, 2.75) is 20.8 Å². The van der Waals surface area contributed by atoms with E-state index < -0.39 is 0 Å². The van der Waals surface area contributed by atoms with Crippen LogP contribution in [0, 0.1) is 20.8 Å². The Morgan fingerprint density at radius 2 is 1.57 bits per heavy atom. The highest BCUT2D eigenvalue weighted by atomic mass is 16.2. The number of nitrogens with one attached hydrogen (secondary N) is 2. The number of aryl methyl sites for hydroxylation is 3. The van der Waals surface area contributed by atoms with E-state index in [1.54, 1.807) is 22.7 Å². The number of hydrogen-bond donors (Lipinski definition) is 2. The molecule has 6 nitrogen and oxygen atoms in total. The van der Waals surface area contributed by atoms with Gasteiger partial charge in [-0.15, -0.1) is 0 Å². The molecule has 0 saturated carbocycles. The third-order valence-corrected chi connectivity index (χ3v) is 4.92. The summed E-state index contributed by atoms with van der Waals surface area (Å²) in [7, 11) is 0. The quantitative estimate of drug-likeness (QED) is 0.520. The Balaban J connectivity index is 1.68. The van der Waals surface area contributed by atoms with Gasteiger partial charge in [0.1, 0.15) is 0 Å². The molecular formula is C24H22N4O2. The highest BCUT2D eigenvalue weighted by Crippen LogP contribution is 2.20.